The van der Waals surface area contributed by atoms with Crippen LogP contribution in [0.4, 0.5) is 0 Å². The molecule has 0 saturated carbocycles. The minimum Gasteiger partial charge on any atom is -0.382 e. The zero-order chi connectivity index (χ0) is 10.5. The van der Waals surface area contributed by atoms with Crippen LogP contribution in [0.2, 0.25) is 0 Å². The van der Waals surface area contributed by atoms with Crippen LogP contribution in [0, 0.1) is 5.41 Å². The summed E-state index contributed by atoms with van der Waals surface area (Å²) < 4.78 is 10.8. The van der Waals surface area contributed by atoms with Gasteiger partial charge in [-0.2, -0.15) is 0 Å². The van der Waals surface area contributed by atoms with Crippen LogP contribution in [0.5, 0.6) is 0 Å². The molecule has 0 radical (unpaired) electrons. The van der Waals surface area contributed by atoms with Gasteiger partial charge < -0.3 is 15.2 Å². The van der Waals surface area contributed by atoms with E-state index in [9.17, 15) is 0 Å². The molecule has 3 nitrogen and oxygen atoms in total. The standard InChI is InChI=1S/C10H23NO2/c1-8(7-12-5)13-9(6-11)10(2,3)4/h8-9H,6-7,11H2,1-5H3. The van der Waals surface area contributed by atoms with Gasteiger partial charge in [0.1, 0.15) is 0 Å². The molecule has 0 aliphatic rings. The maximum absolute atomic E-state index is 5.75. The van der Waals surface area contributed by atoms with Crippen molar-refractivity contribution in [3.63, 3.8) is 0 Å². The molecule has 0 heterocycles. The zero-order valence-corrected chi connectivity index (χ0v) is 9.46. The van der Waals surface area contributed by atoms with Gasteiger partial charge >= 0.3 is 0 Å². The maximum atomic E-state index is 5.75. The van der Waals surface area contributed by atoms with Gasteiger partial charge in [-0.25, -0.2) is 0 Å². The lowest BCUT2D eigenvalue weighted by Crippen LogP contribution is -2.39. The molecule has 13 heavy (non-hydrogen) atoms. The maximum Gasteiger partial charge on any atom is 0.0784 e. The fraction of sp³-hybridized carbons (Fsp3) is 1.00. The molecule has 0 amide bonds. The molecular formula is C10H23NO2. The monoisotopic (exact) mass is 189 g/mol. The quantitative estimate of drug-likeness (QED) is 0.711. The highest BCUT2D eigenvalue weighted by molar-refractivity contribution is 4.76. The van der Waals surface area contributed by atoms with Gasteiger partial charge in [0.15, 0.2) is 0 Å². The number of rotatable bonds is 5. The Morgan fingerprint density at radius 1 is 1.31 bits per heavy atom. The average Bonchev–Trinajstić information content (AvgIpc) is 1.98. The Morgan fingerprint density at radius 3 is 2.15 bits per heavy atom. The summed E-state index contributed by atoms with van der Waals surface area (Å²) in [6, 6.07) is 0. The Balaban J connectivity index is 3.98. The Kier molecular flexibility index (Phi) is 5.53. The van der Waals surface area contributed by atoms with E-state index in [1.165, 1.54) is 0 Å². The third-order valence-corrected chi connectivity index (χ3v) is 1.98. The molecule has 0 aromatic carbocycles. The van der Waals surface area contributed by atoms with Crippen LogP contribution in [-0.4, -0.2) is 32.5 Å². The van der Waals surface area contributed by atoms with Crippen LogP contribution < -0.4 is 5.73 Å². The minimum atomic E-state index is 0.0940. The van der Waals surface area contributed by atoms with Crippen molar-refractivity contribution in [3.05, 3.63) is 0 Å². The van der Waals surface area contributed by atoms with Crippen molar-refractivity contribution >= 4 is 0 Å². The van der Waals surface area contributed by atoms with Crippen molar-refractivity contribution in [3.8, 4) is 0 Å². The summed E-state index contributed by atoms with van der Waals surface area (Å²) in [4.78, 5) is 0. The fourth-order valence-electron chi connectivity index (χ4n) is 1.17. The summed E-state index contributed by atoms with van der Waals surface area (Å²) >= 11 is 0. The minimum absolute atomic E-state index is 0.0940. The second kappa shape index (κ2) is 5.58. The molecule has 0 aromatic heterocycles. The van der Waals surface area contributed by atoms with Crippen molar-refractivity contribution in [1.29, 1.82) is 0 Å². The van der Waals surface area contributed by atoms with E-state index in [1.54, 1.807) is 7.11 Å². The van der Waals surface area contributed by atoms with Crippen LogP contribution in [-0.2, 0) is 9.47 Å². The molecule has 2 N–H and O–H groups in total. The molecule has 0 rings (SSSR count). The predicted octanol–water partition coefficient (Wildman–Crippen LogP) is 1.41. The van der Waals surface area contributed by atoms with Crippen LogP contribution >= 0.6 is 0 Å². The topological polar surface area (TPSA) is 44.5 Å². The van der Waals surface area contributed by atoms with Crippen molar-refractivity contribution in [2.24, 2.45) is 11.1 Å². The number of ether oxygens (including phenoxy) is 2. The Labute approximate surface area is 81.6 Å². The normalized spacial score (nSPS) is 17.1. The first-order valence-electron chi connectivity index (χ1n) is 4.76. The van der Waals surface area contributed by atoms with Crippen LogP contribution in [0.1, 0.15) is 27.7 Å². The highest BCUT2D eigenvalue weighted by Crippen LogP contribution is 2.22. The summed E-state index contributed by atoms with van der Waals surface area (Å²) in [5.41, 5.74) is 5.73. The second-order valence-corrected chi connectivity index (χ2v) is 4.49. The average molecular weight is 189 g/mol. The largest absolute Gasteiger partial charge is 0.382 e. The molecule has 0 aliphatic heterocycles. The van der Waals surface area contributed by atoms with Gasteiger partial charge in [-0.05, 0) is 12.3 Å². The Morgan fingerprint density at radius 2 is 1.85 bits per heavy atom. The van der Waals surface area contributed by atoms with Crippen LogP contribution in [0.25, 0.3) is 0 Å². The zero-order valence-electron chi connectivity index (χ0n) is 9.46. The van der Waals surface area contributed by atoms with Crippen molar-refractivity contribution in [1.82, 2.24) is 0 Å². The fourth-order valence-corrected chi connectivity index (χ4v) is 1.17. The smallest absolute Gasteiger partial charge is 0.0784 e. The first kappa shape index (κ1) is 12.9. The molecule has 0 fully saturated rings. The summed E-state index contributed by atoms with van der Waals surface area (Å²) in [7, 11) is 1.68. The van der Waals surface area contributed by atoms with Crippen molar-refractivity contribution in [2.45, 2.75) is 39.9 Å². The third-order valence-electron chi connectivity index (χ3n) is 1.98. The van der Waals surface area contributed by atoms with Gasteiger partial charge in [0.25, 0.3) is 0 Å². The molecule has 0 bridgehead atoms. The van der Waals surface area contributed by atoms with Gasteiger partial charge in [-0.15, -0.1) is 0 Å². The molecule has 0 aromatic rings. The van der Waals surface area contributed by atoms with E-state index < -0.39 is 0 Å². The summed E-state index contributed by atoms with van der Waals surface area (Å²) in [6.45, 7) is 9.56. The van der Waals surface area contributed by atoms with E-state index in [0.717, 1.165) is 0 Å². The van der Waals surface area contributed by atoms with E-state index in [0.29, 0.717) is 13.2 Å². The molecule has 2 atom stereocenters. The molecule has 0 saturated heterocycles. The van der Waals surface area contributed by atoms with E-state index in [2.05, 4.69) is 20.8 Å². The van der Waals surface area contributed by atoms with Gasteiger partial charge in [0.05, 0.1) is 18.8 Å². The summed E-state index contributed by atoms with van der Waals surface area (Å²) in [5.74, 6) is 0. The van der Waals surface area contributed by atoms with Gasteiger partial charge in [-0.1, -0.05) is 20.8 Å². The first-order chi connectivity index (χ1) is 5.91. The summed E-state index contributed by atoms with van der Waals surface area (Å²) in [6.07, 6.45) is 0.204. The molecule has 2 unspecified atom stereocenters. The number of hydrogen-bond donors (Lipinski definition) is 1. The molecule has 0 aliphatic carbocycles. The molecule has 3 heteroatoms. The lowest BCUT2D eigenvalue weighted by molar-refractivity contribution is -0.0769. The molecule has 0 spiro atoms. The molecule has 80 valence electrons. The Hall–Kier alpha value is -0.120. The lowest BCUT2D eigenvalue weighted by Gasteiger charge is -2.31. The first-order valence-corrected chi connectivity index (χ1v) is 4.76. The van der Waals surface area contributed by atoms with Crippen LogP contribution in [0.3, 0.4) is 0 Å². The number of methoxy groups -OCH3 is 1. The van der Waals surface area contributed by atoms with Crippen molar-refractivity contribution < 1.29 is 9.47 Å². The van der Waals surface area contributed by atoms with Gasteiger partial charge in [0.2, 0.25) is 0 Å². The highest BCUT2D eigenvalue weighted by atomic mass is 16.5. The van der Waals surface area contributed by atoms with E-state index >= 15 is 0 Å². The SMILES string of the molecule is COCC(C)OC(CN)C(C)(C)C. The van der Waals surface area contributed by atoms with Gasteiger partial charge in [0, 0.05) is 13.7 Å². The third kappa shape index (κ3) is 5.24. The second-order valence-electron chi connectivity index (χ2n) is 4.49. The van der Waals surface area contributed by atoms with E-state index in [4.69, 9.17) is 15.2 Å². The number of nitrogens with two attached hydrogens (primary N) is 1. The number of hydrogen-bond acceptors (Lipinski definition) is 3. The Bertz CT molecular complexity index is 131. The van der Waals surface area contributed by atoms with Crippen molar-refractivity contribution in [2.75, 3.05) is 20.3 Å². The highest BCUT2D eigenvalue weighted by Gasteiger charge is 2.25. The van der Waals surface area contributed by atoms with Gasteiger partial charge in [-0.3, -0.25) is 0 Å². The predicted molar refractivity (Wildman–Crippen MR) is 54.7 cm³/mol. The lowest BCUT2D eigenvalue weighted by atomic mass is 9.89. The van der Waals surface area contributed by atoms with E-state index in [-0.39, 0.29) is 17.6 Å². The molecular weight excluding hydrogens is 166 g/mol. The summed E-state index contributed by atoms with van der Waals surface area (Å²) in [5, 5.41) is 0. The van der Waals surface area contributed by atoms with E-state index in [1.807, 2.05) is 6.92 Å². The van der Waals surface area contributed by atoms with Crippen LogP contribution in [0.15, 0.2) is 0 Å².